The molecule has 70 heavy (non-hydrogen) atoms. The van der Waals surface area contributed by atoms with E-state index in [4.69, 9.17) is 18.9 Å². The van der Waals surface area contributed by atoms with Crippen LogP contribution in [0.1, 0.15) is 229 Å². The highest BCUT2D eigenvalue weighted by Crippen LogP contribution is 2.41. The lowest BCUT2D eigenvalue weighted by Gasteiger charge is -2.42. The highest BCUT2D eigenvalue weighted by molar-refractivity contribution is 6.13. The molecule has 4 fully saturated rings. The summed E-state index contributed by atoms with van der Waals surface area (Å²) in [7, 11) is 0. The summed E-state index contributed by atoms with van der Waals surface area (Å²) in [6, 6.07) is 5.80. The van der Waals surface area contributed by atoms with E-state index in [9.17, 15) is 40.0 Å². The molecule has 0 saturated carbocycles. The molecule has 6 rings (SSSR count). The normalized spacial score (nSPS) is 28.8. The van der Waals surface area contributed by atoms with Crippen LogP contribution in [0.15, 0.2) is 24.3 Å². The zero-order valence-electron chi connectivity index (χ0n) is 44.9. The third-order valence-corrected chi connectivity index (χ3v) is 15.9. The number of hydrogen-bond acceptors (Lipinski definition) is 16. The first-order valence-corrected chi connectivity index (χ1v) is 25.3. The van der Waals surface area contributed by atoms with Gasteiger partial charge in [-0.2, -0.15) is 20.3 Å². The average molecular weight is 981 g/mol. The Kier molecular flexibility index (Phi) is 15.3. The molecule has 16 nitrogen and oxygen atoms in total. The minimum absolute atomic E-state index is 0.00719. The second-order valence-corrected chi connectivity index (χ2v) is 26.0. The van der Waals surface area contributed by atoms with Crippen molar-refractivity contribution in [3.8, 4) is 0 Å². The molecule has 0 aromatic heterocycles. The summed E-state index contributed by atoms with van der Waals surface area (Å²) in [6.07, 6.45) is 2.44. The van der Waals surface area contributed by atoms with Crippen molar-refractivity contribution < 1.29 is 59.0 Å². The van der Waals surface area contributed by atoms with Gasteiger partial charge in [0.15, 0.2) is 0 Å². The van der Waals surface area contributed by atoms with Gasteiger partial charge < -0.3 is 39.8 Å². The molecule has 0 aliphatic carbocycles. The lowest BCUT2D eigenvalue weighted by molar-refractivity contribution is -0.222. The van der Waals surface area contributed by atoms with E-state index < -0.39 is 92.6 Å². The van der Waals surface area contributed by atoms with Gasteiger partial charge in [0, 0.05) is 70.0 Å². The summed E-state index contributed by atoms with van der Waals surface area (Å²) in [5.41, 5.74) is -5.88. The predicted octanol–water partition coefficient (Wildman–Crippen LogP) is 10.7. The van der Waals surface area contributed by atoms with Gasteiger partial charge in [-0.1, -0.05) is 0 Å². The lowest BCUT2D eigenvalue weighted by Crippen LogP contribution is -2.52. The van der Waals surface area contributed by atoms with Gasteiger partial charge in [0.05, 0.1) is 22.3 Å². The molecule has 16 heteroatoms. The van der Waals surface area contributed by atoms with E-state index in [-0.39, 0.29) is 45.9 Å². The number of hydroxylamine groups is 8. The van der Waals surface area contributed by atoms with Crippen LogP contribution < -0.4 is 0 Å². The Labute approximate surface area is 415 Å². The van der Waals surface area contributed by atoms with E-state index in [0.717, 1.165) is 0 Å². The largest absolute Gasteiger partial charge is 0.459 e. The Morgan fingerprint density at radius 2 is 0.657 bits per heavy atom. The molecule has 2 aromatic rings. The first kappa shape index (κ1) is 55.6. The molecular formula is C54H84N4O12. The molecule has 4 unspecified atom stereocenters. The summed E-state index contributed by atoms with van der Waals surface area (Å²) in [6.45, 7) is 30.4. The Bertz CT molecular complexity index is 2320. The molecule has 4 heterocycles. The first-order chi connectivity index (χ1) is 31.9. The maximum Gasteiger partial charge on any atom is 0.339 e. The van der Waals surface area contributed by atoms with Gasteiger partial charge in [0.2, 0.25) is 0 Å². The SMILES string of the molecule is CC1(C)CCC(OC(=O)c2cc(C(=O)OC3CCC(C)(C)N(O)C(C)(C)C3)c3cc(C(=O)OC4CCC(C)(C)N(O)C(C)(C)C4)c(C(=O)OC4CCC(C)(C)N(O)C(C)(C)C4)cc3c2)CC(C)(C)N1O. The number of carbonyl (C=O) groups is 4. The maximum atomic E-state index is 14.8. The van der Waals surface area contributed by atoms with E-state index in [0.29, 0.717) is 64.2 Å². The minimum atomic E-state index is -0.835. The molecule has 4 N–H and O–H groups in total. The van der Waals surface area contributed by atoms with Gasteiger partial charge in [-0.3, -0.25) is 0 Å². The van der Waals surface area contributed by atoms with Gasteiger partial charge in [-0.15, -0.1) is 0 Å². The fourth-order valence-corrected chi connectivity index (χ4v) is 12.0. The van der Waals surface area contributed by atoms with E-state index in [1.165, 1.54) is 44.5 Å². The third kappa shape index (κ3) is 11.7. The van der Waals surface area contributed by atoms with E-state index in [1.807, 2.05) is 111 Å². The quantitative estimate of drug-likeness (QED) is 0.144. The molecular weight excluding hydrogens is 897 g/mol. The maximum absolute atomic E-state index is 14.8. The molecule has 0 bridgehead atoms. The average Bonchev–Trinajstić information content (AvgIpc) is 3.46. The van der Waals surface area contributed by atoms with Gasteiger partial charge in [0.25, 0.3) is 0 Å². The van der Waals surface area contributed by atoms with Crippen LogP contribution in [0.25, 0.3) is 10.8 Å². The second-order valence-electron chi connectivity index (χ2n) is 26.0. The van der Waals surface area contributed by atoms with Crippen LogP contribution in [0.5, 0.6) is 0 Å². The second kappa shape index (κ2) is 19.3. The zero-order chi connectivity index (χ0) is 52.5. The predicted molar refractivity (Wildman–Crippen MR) is 263 cm³/mol. The third-order valence-electron chi connectivity index (χ3n) is 15.9. The first-order valence-electron chi connectivity index (χ1n) is 25.3. The molecule has 4 atom stereocenters. The summed E-state index contributed by atoms with van der Waals surface area (Å²) in [5.74, 6) is -3.16. The molecule has 392 valence electrons. The van der Waals surface area contributed by atoms with Crippen molar-refractivity contribution in [1.82, 2.24) is 20.3 Å². The summed E-state index contributed by atoms with van der Waals surface area (Å²) < 4.78 is 25.1. The highest BCUT2D eigenvalue weighted by Gasteiger charge is 2.47. The number of carbonyl (C=O) groups excluding carboxylic acids is 4. The minimum Gasteiger partial charge on any atom is -0.459 e. The van der Waals surface area contributed by atoms with Crippen molar-refractivity contribution in [1.29, 1.82) is 0 Å². The molecule has 0 radical (unpaired) electrons. The molecule has 0 amide bonds. The van der Waals surface area contributed by atoms with Crippen LogP contribution in [-0.4, -0.2) is 134 Å². The fraction of sp³-hybridized carbons (Fsp3) is 0.741. The summed E-state index contributed by atoms with van der Waals surface area (Å²) in [5, 5.41) is 50.6. The van der Waals surface area contributed by atoms with Crippen molar-refractivity contribution in [3.05, 3.63) is 46.5 Å². The lowest BCUT2D eigenvalue weighted by atomic mass is 9.93. The molecule has 0 spiro atoms. The monoisotopic (exact) mass is 981 g/mol. The molecule has 2 aromatic carbocycles. The van der Waals surface area contributed by atoms with Crippen molar-refractivity contribution in [2.75, 3.05) is 0 Å². The van der Waals surface area contributed by atoms with Crippen molar-refractivity contribution in [3.63, 3.8) is 0 Å². The number of benzene rings is 2. The van der Waals surface area contributed by atoms with Crippen molar-refractivity contribution in [2.24, 2.45) is 0 Å². The number of esters is 4. The highest BCUT2D eigenvalue weighted by atomic mass is 16.6. The number of rotatable bonds is 8. The number of fused-ring (bicyclic) bond motifs is 1. The van der Waals surface area contributed by atoms with Crippen LogP contribution in [0.4, 0.5) is 0 Å². The van der Waals surface area contributed by atoms with E-state index >= 15 is 0 Å². The van der Waals surface area contributed by atoms with Crippen LogP contribution in [0.3, 0.4) is 0 Å². The van der Waals surface area contributed by atoms with Crippen molar-refractivity contribution >= 4 is 34.6 Å². The summed E-state index contributed by atoms with van der Waals surface area (Å²) >= 11 is 0. The molecule has 4 saturated heterocycles. The number of ether oxygens (including phenoxy) is 4. The van der Waals surface area contributed by atoms with Gasteiger partial charge in [-0.25, -0.2) is 19.2 Å². The number of nitrogens with zero attached hydrogens (tertiary/aromatic N) is 4. The van der Waals surface area contributed by atoms with Crippen LogP contribution >= 0.6 is 0 Å². The van der Waals surface area contributed by atoms with E-state index in [2.05, 4.69) is 0 Å². The Morgan fingerprint density at radius 3 is 0.971 bits per heavy atom. The summed E-state index contributed by atoms with van der Waals surface area (Å²) in [4.78, 5) is 58.8. The van der Waals surface area contributed by atoms with Crippen molar-refractivity contribution in [2.45, 2.75) is 257 Å². The fourth-order valence-electron chi connectivity index (χ4n) is 12.0. The van der Waals surface area contributed by atoms with E-state index in [1.54, 1.807) is 0 Å². The van der Waals surface area contributed by atoms with Gasteiger partial charge >= 0.3 is 23.9 Å². The molecule has 4 aliphatic heterocycles. The molecule has 4 aliphatic rings. The van der Waals surface area contributed by atoms with Gasteiger partial charge in [0.1, 0.15) is 24.4 Å². The van der Waals surface area contributed by atoms with Crippen LogP contribution in [0.2, 0.25) is 0 Å². The standard InChI is InChI=1S/C54H84N4O12/c1-47(2)21-17-35(29-51(9,10)55(47)63)67-43(59)34-25-33-26-41(45(61)69-37-19-23-49(5,6)57(65)53(13,14)31-37)42(46(62)70-38-20-24-50(7,8)58(66)54(15,16)32-38)28-39(33)40(27-34)44(60)68-36-18-22-48(3,4)56(64)52(11,12)30-36/h25-28,35-38,63-66H,17-24,29-32H2,1-16H3. The Hall–Kier alpha value is -3.74. The smallest absolute Gasteiger partial charge is 0.339 e. The number of hydrogen-bond donors (Lipinski definition) is 4. The topological polar surface area (TPSA) is 199 Å². The van der Waals surface area contributed by atoms with Gasteiger partial charge in [-0.05, 0) is 197 Å². The Morgan fingerprint density at radius 1 is 0.386 bits per heavy atom. The van der Waals surface area contributed by atoms with Crippen LogP contribution in [0, 0.1) is 0 Å². The van der Waals surface area contributed by atoms with Crippen LogP contribution in [-0.2, 0) is 18.9 Å². The zero-order valence-corrected chi connectivity index (χ0v) is 44.9. The Balaban J connectivity index is 1.48.